The van der Waals surface area contributed by atoms with Crippen LogP contribution in [0.25, 0.3) is 0 Å². The highest BCUT2D eigenvalue weighted by Gasteiger charge is 2.12. The fourth-order valence-corrected chi connectivity index (χ4v) is 2.93. The second-order valence-corrected chi connectivity index (χ2v) is 7.37. The number of amides is 1. The van der Waals surface area contributed by atoms with Crippen LogP contribution in [0.15, 0.2) is 36.4 Å². The van der Waals surface area contributed by atoms with Crippen molar-refractivity contribution >= 4 is 27.3 Å². The number of aryl methyl sites for hydroxylation is 2. The molecule has 0 radical (unpaired) electrons. The van der Waals surface area contributed by atoms with Crippen molar-refractivity contribution in [3.8, 4) is 5.75 Å². The number of benzene rings is 2. The molecule has 0 aliphatic carbocycles. The van der Waals surface area contributed by atoms with Crippen molar-refractivity contribution in [2.75, 3.05) is 23.4 Å². The summed E-state index contributed by atoms with van der Waals surface area (Å²) in [5.41, 5.74) is 3.39. The van der Waals surface area contributed by atoms with Crippen LogP contribution in [0.2, 0.25) is 0 Å². The zero-order valence-corrected chi connectivity index (χ0v) is 14.8. The van der Waals surface area contributed by atoms with Gasteiger partial charge in [-0.3, -0.25) is 9.52 Å². The lowest BCUT2D eigenvalue weighted by molar-refractivity contribution is 0.102. The maximum atomic E-state index is 12.4. The lowest BCUT2D eigenvalue weighted by atomic mass is 10.1. The fraction of sp³-hybridized carbons (Fsp3) is 0.235. The SMILES string of the molecule is COc1cc(NC(=O)c2cc(C)cc(C)c2)ccc1NS(C)(=O)=O. The Morgan fingerprint density at radius 3 is 2.21 bits per heavy atom. The quantitative estimate of drug-likeness (QED) is 0.870. The number of anilines is 2. The first-order valence-electron chi connectivity index (χ1n) is 7.23. The Balaban J connectivity index is 2.25. The van der Waals surface area contributed by atoms with E-state index < -0.39 is 10.0 Å². The molecule has 1 amide bonds. The highest BCUT2D eigenvalue weighted by Crippen LogP contribution is 2.29. The topological polar surface area (TPSA) is 84.5 Å². The maximum Gasteiger partial charge on any atom is 0.255 e. The summed E-state index contributed by atoms with van der Waals surface area (Å²) in [7, 11) is -1.99. The molecule has 128 valence electrons. The van der Waals surface area contributed by atoms with E-state index in [2.05, 4.69) is 10.0 Å². The lowest BCUT2D eigenvalue weighted by Crippen LogP contribution is -2.13. The Hall–Kier alpha value is -2.54. The van der Waals surface area contributed by atoms with Crippen molar-refractivity contribution in [2.24, 2.45) is 0 Å². The first-order valence-corrected chi connectivity index (χ1v) is 9.12. The van der Waals surface area contributed by atoms with Gasteiger partial charge in [-0.25, -0.2) is 8.42 Å². The van der Waals surface area contributed by atoms with Crippen molar-refractivity contribution in [3.05, 3.63) is 53.1 Å². The maximum absolute atomic E-state index is 12.4. The molecule has 0 aliphatic heterocycles. The summed E-state index contributed by atoms with van der Waals surface area (Å²) in [6.07, 6.45) is 1.06. The number of methoxy groups -OCH3 is 1. The number of sulfonamides is 1. The molecule has 0 aliphatic rings. The molecule has 0 bridgehead atoms. The van der Waals surface area contributed by atoms with Crippen LogP contribution in [0, 0.1) is 13.8 Å². The van der Waals surface area contributed by atoms with Crippen LogP contribution < -0.4 is 14.8 Å². The number of rotatable bonds is 5. The minimum atomic E-state index is -3.42. The molecule has 0 spiro atoms. The van der Waals surface area contributed by atoms with Crippen LogP contribution in [0.3, 0.4) is 0 Å². The van der Waals surface area contributed by atoms with E-state index in [-0.39, 0.29) is 5.91 Å². The molecule has 0 heterocycles. The summed E-state index contributed by atoms with van der Waals surface area (Å²) in [5, 5.41) is 2.78. The van der Waals surface area contributed by atoms with Crippen molar-refractivity contribution in [1.29, 1.82) is 0 Å². The van der Waals surface area contributed by atoms with Crippen LogP contribution in [0.1, 0.15) is 21.5 Å². The molecule has 0 saturated heterocycles. The number of hydrogen-bond donors (Lipinski definition) is 2. The standard InChI is InChI=1S/C17H20N2O4S/c1-11-7-12(2)9-13(8-11)17(20)18-14-5-6-15(16(10-14)23-3)19-24(4,21)22/h5-10,19H,1-4H3,(H,18,20). The van der Waals surface area contributed by atoms with Gasteiger partial charge in [0.1, 0.15) is 5.75 Å². The number of carbonyl (C=O) groups is 1. The predicted octanol–water partition coefficient (Wildman–Crippen LogP) is 2.94. The van der Waals surface area contributed by atoms with Crippen molar-refractivity contribution in [1.82, 2.24) is 0 Å². The number of ether oxygens (including phenoxy) is 1. The molecular weight excluding hydrogens is 328 g/mol. The summed E-state index contributed by atoms with van der Waals surface area (Å²) < 4.78 is 30.2. The van der Waals surface area contributed by atoms with E-state index in [0.717, 1.165) is 17.4 Å². The van der Waals surface area contributed by atoms with Gasteiger partial charge in [0.05, 0.1) is 19.1 Å². The summed E-state index contributed by atoms with van der Waals surface area (Å²) >= 11 is 0. The van der Waals surface area contributed by atoms with Crippen LogP contribution in [0.5, 0.6) is 5.75 Å². The number of hydrogen-bond acceptors (Lipinski definition) is 4. The molecule has 0 saturated carbocycles. The first kappa shape index (κ1) is 17.8. The molecule has 6 nitrogen and oxygen atoms in total. The lowest BCUT2D eigenvalue weighted by Gasteiger charge is -2.12. The fourth-order valence-electron chi connectivity index (χ4n) is 2.36. The monoisotopic (exact) mass is 348 g/mol. The minimum Gasteiger partial charge on any atom is -0.494 e. The van der Waals surface area contributed by atoms with E-state index >= 15 is 0 Å². The average molecular weight is 348 g/mol. The molecule has 2 N–H and O–H groups in total. The predicted molar refractivity (Wildman–Crippen MR) is 95.3 cm³/mol. The van der Waals surface area contributed by atoms with E-state index in [0.29, 0.717) is 22.7 Å². The Morgan fingerprint density at radius 2 is 1.67 bits per heavy atom. The Labute approximate surface area is 141 Å². The third-order valence-electron chi connectivity index (χ3n) is 3.24. The molecule has 24 heavy (non-hydrogen) atoms. The summed E-state index contributed by atoms with van der Waals surface area (Å²) in [5.74, 6) is 0.0753. The minimum absolute atomic E-state index is 0.243. The third-order valence-corrected chi connectivity index (χ3v) is 3.83. The molecule has 7 heteroatoms. The van der Waals surface area contributed by atoms with Crippen LogP contribution in [0.4, 0.5) is 11.4 Å². The van der Waals surface area contributed by atoms with Crippen LogP contribution >= 0.6 is 0 Å². The van der Waals surface area contributed by atoms with Gasteiger partial charge in [0.15, 0.2) is 0 Å². The molecule has 2 aromatic carbocycles. The van der Waals surface area contributed by atoms with E-state index in [1.54, 1.807) is 24.3 Å². The van der Waals surface area contributed by atoms with Crippen molar-refractivity contribution < 1.29 is 17.9 Å². The van der Waals surface area contributed by atoms with Gasteiger partial charge in [-0.05, 0) is 38.1 Å². The smallest absolute Gasteiger partial charge is 0.255 e. The summed E-state index contributed by atoms with van der Waals surface area (Å²) in [6, 6.07) is 10.3. The second-order valence-electron chi connectivity index (χ2n) is 5.62. The van der Waals surface area contributed by atoms with Gasteiger partial charge < -0.3 is 10.1 Å². The Kier molecular flexibility index (Phi) is 5.14. The first-order chi connectivity index (χ1) is 11.2. The van der Waals surface area contributed by atoms with E-state index in [4.69, 9.17) is 4.74 Å². The van der Waals surface area contributed by atoms with E-state index in [1.807, 2.05) is 19.9 Å². The van der Waals surface area contributed by atoms with E-state index in [1.165, 1.54) is 13.2 Å². The zero-order valence-electron chi connectivity index (χ0n) is 14.0. The zero-order chi connectivity index (χ0) is 17.9. The molecular formula is C17H20N2O4S. The largest absolute Gasteiger partial charge is 0.494 e. The molecule has 2 aromatic rings. The van der Waals surface area contributed by atoms with Crippen molar-refractivity contribution in [2.45, 2.75) is 13.8 Å². The van der Waals surface area contributed by atoms with Gasteiger partial charge in [-0.2, -0.15) is 0 Å². The van der Waals surface area contributed by atoms with Gasteiger partial charge in [0, 0.05) is 17.3 Å². The summed E-state index contributed by atoms with van der Waals surface area (Å²) in [6.45, 7) is 3.86. The molecule has 2 rings (SSSR count). The normalized spacial score (nSPS) is 11.0. The number of carbonyl (C=O) groups excluding carboxylic acids is 1. The van der Waals surface area contributed by atoms with Gasteiger partial charge in [-0.15, -0.1) is 0 Å². The highest BCUT2D eigenvalue weighted by atomic mass is 32.2. The second kappa shape index (κ2) is 6.92. The van der Waals surface area contributed by atoms with Crippen LogP contribution in [-0.4, -0.2) is 27.7 Å². The molecule has 0 fully saturated rings. The summed E-state index contributed by atoms with van der Waals surface area (Å²) in [4.78, 5) is 12.4. The van der Waals surface area contributed by atoms with Gasteiger partial charge in [0.2, 0.25) is 10.0 Å². The third kappa shape index (κ3) is 4.73. The molecule has 0 atom stereocenters. The highest BCUT2D eigenvalue weighted by molar-refractivity contribution is 7.92. The average Bonchev–Trinajstić information content (AvgIpc) is 2.46. The van der Waals surface area contributed by atoms with E-state index in [9.17, 15) is 13.2 Å². The van der Waals surface area contributed by atoms with Crippen molar-refractivity contribution in [3.63, 3.8) is 0 Å². The Morgan fingerprint density at radius 1 is 1.04 bits per heavy atom. The van der Waals surface area contributed by atoms with Gasteiger partial charge in [0.25, 0.3) is 5.91 Å². The molecule has 0 unspecified atom stereocenters. The molecule has 0 aromatic heterocycles. The van der Waals surface area contributed by atoms with Crippen LogP contribution in [-0.2, 0) is 10.0 Å². The van der Waals surface area contributed by atoms with Gasteiger partial charge >= 0.3 is 0 Å². The number of nitrogens with one attached hydrogen (secondary N) is 2. The van der Waals surface area contributed by atoms with Gasteiger partial charge in [-0.1, -0.05) is 17.2 Å². The Bertz CT molecular complexity index is 856.